The van der Waals surface area contributed by atoms with Gasteiger partial charge in [0.2, 0.25) is 5.91 Å². The molecular weight excluding hydrogens is 192 g/mol. The predicted molar refractivity (Wildman–Crippen MR) is 60.1 cm³/mol. The molecule has 4 nitrogen and oxygen atoms in total. The molecule has 0 aromatic heterocycles. The highest BCUT2D eigenvalue weighted by Crippen LogP contribution is 2.22. The van der Waals surface area contributed by atoms with Crippen LogP contribution in [0.4, 0.5) is 5.69 Å². The summed E-state index contributed by atoms with van der Waals surface area (Å²) in [6, 6.07) is 5.76. The van der Waals surface area contributed by atoms with Crippen molar-refractivity contribution < 1.29 is 9.53 Å². The van der Waals surface area contributed by atoms with E-state index in [0.29, 0.717) is 6.54 Å². The predicted octanol–water partition coefficient (Wildman–Crippen LogP) is 1.37. The normalized spacial score (nSPS) is 9.53. The number of hydrogen-bond donors (Lipinski definition) is 2. The van der Waals surface area contributed by atoms with Gasteiger partial charge in [0, 0.05) is 31.8 Å². The molecule has 0 aliphatic carbocycles. The first-order chi connectivity index (χ1) is 7.17. The van der Waals surface area contributed by atoms with Crippen molar-refractivity contribution in [1.82, 2.24) is 5.32 Å². The lowest BCUT2D eigenvalue weighted by Crippen LogP contribution is -2.19. The number of benzene rings is 1. The van der Waals surface area contributed by atoms with Crippen LogP contribution in [0.15, 0.2) is 18.2 Å². The van der Waals surface area contributed by atoms with Gasteiger partial charge in [0.25, 0.3) is 0 Å². The van der Waals surface area contributed by atoms with Crippen LogP contribution in [-0.2, 0) is 11.3 Å². The zero-order valence-electron chi connectivity index (χ0n) is 9.26. The van der Waals surface area contributed by atoms with Crippen molar-refractivity contribution in [1.29, 1.82) is 0 Å². The summed E-state index contributed by atoms with van der Waals surface area (Å²) in [5, 5.41) is 5.78. The van der Waals surface area contributed by atoms with E-state index in [-0.39, 0.29) is 5.91 Å². The molecule has 0 atom stereocenters. The van der Waals surface area contributed by atoms with Crippen molar-refractivity contribution >= 4 is 11.6 Å². The second-order valence-electron chi connectivity index (χ2n) is 3.19. The Bertz CT molecular complexity index is 350. The van der Waals surface area contributed by atoms with Gasteiger partial charge in [0.05, 0.1) is 7.11 Å². The van der Waals surface area contributed by atoms with Crippen molar-refractivity contribution in [3.8, 4) is 5.75 Å². The minimum Gasteiger partial charge on any atom is -0.496 e. The number of rotatable bonds is 4. The number of amides is 1. The van der Waals surface area contributed by atoms with Crippen molar-refractivity contribution in [3.63, 3.8) is 0 Å². The molecule has 0 spiro atoms. The lowest BCUT2D eigenvalue weighted by Gasteiger charge is -2.10. The molecule has 15 heavy (non-hydrogen) atoms. The van der Waals surface area contributed by atoms with Crippen molar-refractivity contribution in [2.45, 2.75) is 13.5 Å². The van der Waals surface area contributed by atoms with E-state index < -0.39 is 0 Å². The molecule has 0 aliphatic heterocycles. The molecule has 82 valence electrons. The van der Waals surface area contributed by atoms with Crippen LogP contribution in [0.2, 0.25) is 0 Å². The summed E-state index contributed by atoms with van der Waals surface area (Å²) in [7, 11) is 3.47. The van der Waals surface area contributed by atoms with Gasteiger partial charge < -0.3 is 15.4 Å². The summed E-state index contributed by atoms with van der Waals surface area (Å²) in [6.07, 6.45) is 0. The molecule has 2 N–H and O–H groups in total. The Morgan fingerprint density at radius 2 is 2.20 bits per heavy atom. The fraction of sp³-hybridized carbons (Fsp3) is 0.364. The first kappa shape index (κ1) is 11.4. The van der Waals surface area contributed by atoms with Crippen LogP contribution in [0.1, 0.15) is 12.5 Å². The summed E-state index contributed by atoms with van der Waals surface area (Å²) in [5.41, 5.74) is 1.95. The van der Waals surface area contributed by atoms with E-state index in [0.717, 1.165) is 17.0 Å². The monoisotopic (exact) mass is 208 g/mol. The summed E-state index contributed by atoms with van der Waals surface area (Å²) in [6.45, 7) is 1.97. The lowest BCUT2D eigenvalue weighted by atomic mass is 10.1. The maximum atomic E-state index is 10.8. The van der Waals surface area contributed by atoms with Gasteiger partial charge in [0.1, 0.15) is 5.75 Å². The van der Waals surface area contributed by atoms with Gasteiger partial charge in [-0.15, -0.1) is 0 Å². The molecule has 0 aliphatic rings. The van der Waals surface area contributed by atoms with E-state index in [1.807, 2.05) is 25.2 Å². The van der Waals surface area contributed by atoms with Crippen LogP contribution >= 0.6 is 0 Å². The van der Waals surface area contributed by atoms with Crippen LogP contribution in [0.5, 0.6) is 5.75 Å². The van der Waals surface area contributed by atoms with E-state index in [2.05, 4.69) is 10.6 Å². The number of methoxy groups -OCH3 is 1. The van der Waals surface area contributed by atoms with Gasteiger partial charge in [-0.25, -0.2) is 0 Å². The largest absolute Gasteiger partial charge is 0.496 e. The molecule has 0 radical (unpaired) electrons. The van der Waals surface area contributed by atoms with E-state index in [1.165, 1.54) is 6.92 Å². The summed E-state index contributed by atoms with van der Waals surface area (Å²) in [5.74, 6) is 0.731. The highest BCUT2D eigenvalue weighted by atomic mass is 16.5. The maximum absolute atomic E-state index is 10.8. The maximum Gasteiger partial charge on any atom is 0.217 e. The van der Waals surface area contributed by atoms with Gasteiger partial charge in [0.15, 0.2) is 0 Å². The van der Waals surface area contributed by atoms with Crippen LogP contribution in [0.3, 0.4) is 0 Å². The molecule has 0 unspecified atom stereocenters. The number of anilines is 1. The lowest BCUT2D eigenvalue weighted by molar-refractivity contribution is -0.119. The highest BCUT2D eigenvalue weighted by molar-refractivity contribution is 5.73. The summed E-state index contributed by atoms with van der Waals surface area (Å²) < 4.78 is 5.20. The van der Waals surface area contributed by atoms with Gasteiger partial charge in [-0.2, -0.15) is 0 Å². The third kappa shape index (κ3) is 3.16. The topological polar surface area (TPSA) is 50.4 Å². The Morgan fingerprint density at radius 3 is 2.73 bits per heavy atom. The molecule has 0 saturated carbocycles. The Balaban J connectivity index is 2.85. The van der Waals surface area contributed by atoms with Gasteiger partial charge in [-0.05, 0) is 18.2 Å². The zero-order valence-corrected chi connectivity index (χ0v) is 9.26. The van der Waals surface area contributed by atoms with Gasteiger partial charge in [-0.1, -0.05) is 0 Å². The summed E-state index contributed by atoms with van der Waals surface area (Å²) in [4.78, 5) is 10.8. The molecule has 1 aromatic carbocycles. The first-order valence-electron chi connectivity index (χ1n) is 4.76. The smallest absolute Gasteiger partial charge is 0.217 e. The Morgan fingerprint density at radius 1 is 1.47 bits per heavy atom. The Labute approximate surface area is 89.6 Å². The van der Waals surface area contributed by atoms with Gasteiger partial charge >= 0.3 is 0 Å². The van der Waals surface area contributed by atoms with Crippen LogP contribution < -0.4 is 15.4 Å². The third-order valence-corrected chi connectivity index (χ3v) is 2.10. The van der Waals surface area contributed by atoms with Crippen molar-refractivity contribution in [3.05, 3.63) is 23.8 Å². The molecule has 0 saturated heterocycles. The SMILES string of the molecule is CNc1ccc(OC)c(CNC(C)=O)c1. The van der Waals surface area contributed by atoms with Crippen LogP contribution in [-0.4, -0.2) is 20.1 Å². The average molecular weight is 208 g/mol. The van der Waals surface area contributed by atoms with E-state index in [4.69, 9.17) is 4.74 Å². The van der Waals surface area contributed by atoms with Crippen LogP contribution in [0.25, 0.3) is 0 Å². The van der Waals surface area contributed by atoms with E-state index >= 15 is 0 Å². The molecular formula is C11H16N2O2. The fourth-order valence-electron chi connectivity index (χ4n) is 1.29. The highest BCUT2D eigenvalue weighted by Gasteiger charge is 2.04. The number of carbonyl (C=O) groups excluding carboxylic acids is 1. The molecule has 0 bridgehead atoms. The molecule has 0 fully saturated rings. The minimum absolute atomic E-state index is 0.0492. The number of nitrogens with one attached hydrogen (secondary N) is 2. The molecule has 0 heterocycles. The number of carbonyl (C=O) groups is 1. The first-order valence-corrected chi connectivity index (χ1v) is 4.76. The van der Waals surface area contributed by atoms with E-state index in [9.17, 15) is 4.79 Å². The summed E-state index contributed by atoms with van der Waals surface area (Å²) >= 11 is 0. The Kier molecular flexibility index (Phi) is 3.97. The second-order valence-corrected chi connectivity index (χ2v) is 3.19. The number of hydrogen-bond acceptors (Lipinski definition) is 3. The van der Waals surface area contributed by atoms with E-state index in [1.54, 1.807) is 7.11 Å². The van der Waals surface area contributed by atoms with Crippen molar-refractivity contribution in [2.24, 2.45) is 0 Å². The second kappa shape index (κ2) is 5.24. The fourth-order valence-corrected chi connectivity index (χ4v) is 1.29. The van der Waals surface area contributed by atoms with Gasteiger partial charge in [-0.3, -0.25) is 4.79 Å². The van der Waals surface area contributed by atoms with Crippen LogP contribution in [0, 0.1) is 0 Å². The molecule has 1 rings (SSSR count). The number of ether oxygens (including phenoxy) is 1. The third-order valence-electron chi connectivity index (χ3n) is 2.10. The minimum atomic E-state index is -0.0492. The molecule has 1 aromatic rings. The quantitative estimate of drug-likeness (QED) is 0.785. The zero-order chi connectivity index (χ0) is 11.3. The standard InChI is InChI=1S/C11H16N2O2/c1-8(14)13-7-9-6-10(12-2)4-5-11(9)15-3/h4-6,12H,7H2,1-3H3,(H,13,14). The Hall–Kier alpha value is -1.71. The molecule has 4 heteroatoms. The van der Waals surface area contributed by atoms with Crippen molar-refractivity contribution in [2.75, 3.05) is 19.5 Å². The average Bonchev–Trinajstić information content (AvgIpc) is 2.25. The molecule has 1 amide bonds.